The van der Waals surface area contributed by atoms with E-state index in [0.717, 1.165) is 6.42 Å². The van der Waals surface area contributed by atoms with Crippen molar-refractivity contribution in [3.8, 4) is 0 Å². The van der Waals surface area contributed by atoms with E-state index in [2.05, 4.69) is 30.3 Å². The molecule has 0 saturated carbocycles. The van der Waals surface area contributed by atoms with E-state index in [4.69, 9.17) is 10.1 Å². The fourth-order valence-corrected chi connectivity index (χ4v) is 1.90. The average Bonchev–Trinajstić information content (AvgIpc) is 2.36. The Morgan fingerprint density at radius 2 is 1.88 bits per heavy atom. The summed E-state index contributed by atoms with van der Waals surface area (Å²) in [4.78, 5) is 0. The van der Waals surface area contributed by atoms with E-state index in [-0.39, 0.29) is 0 Å². The van der Waals surface area contributed by atoms with E-state index in [1.54, 1.807) is 0 Å². The summed E-state index contributed by atoms with van der Waals surface area (Å²) in [5.74, 6) is 0.376. The Hall–Kier alpha value is -1.83. The first-order chi connectivity index (χ1) is 8.29. The monoisotopic (exact) mass is 227 g/mol. The summed E-state index contributed by atoms with van der Waals surface area (Å²) in [6, 6.07) is 14.8. The van der Waals surface area contributed by atoms with E-state index in [9.17, 15) is 0 Å². The highest BCUT2D eigenvalue weighted by Gasteiger charge is 2.00. The van der Waals surface area contributed by atoms with E-state index >= 15 is 0 Å². The summed E-state index contributed by atoms with van der Waals surface area (Å²) < 4.78 is 5.13. The van der Waals surface area contributed by atoms with Gasteiger partial charge in [-0.15, -0.1) is 0 Å². The Balaban J connectivity index is 2.06. The first kappa shape index (κ1) is 11.6. The zero-order valence-corrected chi connectivity index (χ0v) is 10.1. The van der Waals surface area contributed by atoms with E-state index in [0.29, 0.717) is 18.9 Å². The van der Waals surface area contributed by atoms with Crippen LogP contribution in [0.3, 0.4) is 0 Å². The maximum atomic E-state index is 7.58. The second kappa shape index (κ2) is 5.48. The van der Waals surface area contributed by atoms with Gasteiger partial charge in [0.2, 0.25) is 0 Å². The van der Waals surface area contributed by atoms with Crippen LogP contribution >= 0.6 is 0 Å². The third kappa shape index (κ3) is 3.06. The lowest BCUT2D eigenvalue weighted by Gasteiger charge is -2.06. The Bertz CT molecular complexity index is 519. The van der Waals surface area contributed by atoms with E-state index in [1.165, 1.54) is 16.3 Å². The van der Waals surface area contributed by atoms with Gasteiger partial charge in [-0.1, -0.05) is 42.5 Å². The van der Waals surface area contributed by atoms with Crippen molar-refractivity contribution < 1.29 is 4.74 Å². The van der Waals surface area contributed by atoms with Crippen LogP contribution in [0.1, 0.15) is 18.9 Å². The van der Waals surface area contributed by atoms with Gasteiger partial charge >= 0.3 is 0 Å². The van der Waals surface area contributed by atoms with Gasteiger partial charge < -0.3 is 4.74 Å². The molecule has 1 N–H and O–H groups in total. The highest BCUT2D eigenvalue weighted by Crippen LogP contribution is 2.16. The topological polar surface area (TPSA) is 33.1 Å². The Kier molecular flexibility index (Phi) is 3.76. The Morgan fingerprint density at radius 3 is 2.65 bits per heavy atom. The number of fused-ring (bicyclic) bond motifs is 1. The van der Waals surface area contributed by atoms with Crippen molar-refractivity contribution in [3.63, 3.8) is 0 Å². The normalized spacial score (nSPS) is 10.4. The molecule has 0 aliphatic rings. The first-order valence-electron chi connectivity index (χ1n) is 5.97. The van der Waals surface area contributed by atoms with E-state index in [1.807, 2.05) is 19.1 Å². The zero-order chi connectivity index (χ0) is 12.1. The van der Waals surface area contributed by atoms with Crippen LogP contribution in [-0.2, 0) is 11.2 Å². The van der Waals surface area contributed by atoms with Crippen LogP contribution in [-0.4, -0.2) is 12.5 Å². The van der Waals surface area contributed by atoms with Crippen molar-refractivity contribution in [1.82, 2.24) is 0 Å². The quantitative estimate of drug-likeness (QED) is 0.625. The number of ether oxygens (including phenoxy) is 1. The molecular weight excluding hydrogens is 210 g/mol. The molecule has 0 unspecified atom stereocenters. The number of benzene rings is 2. The third-order valence-electron chi connectivity index (χ3n) is 2.77. The predicted octanol–water partition coefficient (Wildman–Crippen LogP) is 3.79. The minimum absolute atomic E-state index is 0.376. The molecule has 17 heavy (non-hydrogen) atoms. The van der Waals surface area contributed by atoms with Crippen molar-refractivity contribution >= 4 is 16.7 Å². The maximum absolute atomic E-state index is 7.58. The van der Waals surface area contributed by atoms with Crippen LogP contribution in [0.5, 0.6) is 0 Å². The van der Waals surface area contributed by atoms with Crippen LogP contribution in [0.2, 0.25) is 0 Å². The van der Waals surface area contributed by atoms with Gasteiger partial charge in [-0.05, 0) is 29.7 Å². The lowest BCUT2D eigenvalue weighted by molar-refractivity contribution is 0.314. The molecule has 88 valence electrons. The molecule has 0 radical (unpaired) electrons. The number of hydrogen-bond donors (Lipinski definition) is 1. The molecule has 0 heterocycles. The van der Waals surface area contributed by atoms with Crippen LogP contribution in [0, 0.1) is 5.41 Å². The number of rotatable bonds is 4. The molecule has 2 aromatic carbocycles. The third-order valence-corrected chi connectivity index (χ3v) is 2.77. The largest absolute Gasteiger partial charge is 0.481 e. The minimum Gasteiger partial charge on any atom is -0.481 e. The van der Waals surface area contributed by atoms with Crippen LogP contribution in [0.25, 0.3) is 10.8 Å². The summed E-state index contributed by atoms with van der Waals surface area (Å²) in [6.45, 7) is 2.49. The highest BCUT2D eigenvalue weighted by atomic mass is 16.5. The van der Waals surface area contributed by atoms with Crippen molar-refractivity contribution in [2.45, 2.75) is 19.8 Å². The highest BCUT2D eigenvalue weighted by molar-refractivity contribution is 5.83. The molecule has 0 atom stereocenters. The molecule has 0 aliphatic carbocycles. The molecule has 0 fully saturated rings. The summed E-state index contributed by atoms with van der Waals surface area (Å²) in [5, 5.41) is 10.1. The molecule has 0 aromatic heterocycles. The van der Waals surface area contributed by atoms with Gasteiger partial charge in [0, 0.05) is 6.42 Å². The minimum atomic E-state index is 0.376. The molecule has 0 spiro atoms. The van der Waals surface area contributed by atoms with Crippen molar-refractivity contribution in [2.24, 2.45) is 0 Å². The molecule has 2 rings (SSSR count). The van der Waals surface area contributed by atoms with Crippen molar-refractivity contribution in [3.05, 3.63) is 48.0 Å². The number of aryl methyl sites for hydroxylation is 1. The van der Waals surface area contributed by atoms with Crippen LogP contribution in [0.15, 0.2) is 42.5 Å². The molecule has 2 heteroatoms. The fraction of sp³-hybridized carbons (Fsp3) is 0.267. The lowest BCUT2D eigenvalue weighted by Crippen LogP contribution is -2.04. The molecule has 2 aromatic rings. The molecule has 0 saturated heterocycles. The molecular formula is C15H17NO. The fourth-order valence-electron chi connectivity index (χ4n) is 1.90. The van der Waals surface area contributed by atoms with Gasteiger partial charge in [0.05, 0.1) is 6.61 Å². The van der Waals surface area contributed by atoms with Gasteiger partial charge in [-0.3, -0.25) is 5.41 Å². The van der Waals surface area contributed by atoms with Crippen LogP contribution in [0.4, 0.5) is 0 Å². The standard InChI is InChI=1S/C15H17NO/c1-2-17-15(16)10-8-12-7-9-13-5-3-4-6-14(13)11-12/h3-7,9,11,16H,2,8,10H2,1H3. The maximum Gasteiger partial charge on any atom is 0.180 e. The van der Waals surface area contributed by atoms with Gasteiger partial charge in [-0.25, -0.2) is 0 Å². The SMILES string of the molecule is CCOC(=N)CCc1ccc2ccccc2c1. The molecule has 0 bridgehead atoms. The number of hydrogen-bond acceptors (Lipinski definition) is 2. The average molecular weight is 227 g/mol. The smallest absolute Gasteiger partial charge is 0.180 e. The van der Waals surface area contributed by atoms with Crippen molar-refractivity contribution in [2.75, 3.05) is 6.61 Å². The summed E-state index contributed by atoms with van der Waals surface area (Å²) in [5.41, 5.74) is 1.26. The van der Waals surface area contributed by atoms with Gasteiger partial charge in [-0.2, -0.15) is 0 Å². The lowest BCUT2D eigenvalue weighted by atomic mass is 10.0. The second-order valence-corrected chi connectivity index (χ2v) is 4.04. The molecule has 0 aliphatic heterocycles. The molecule has 2 nitrogen and oxygen atoms in total. The predicted molar refractivity (Wildman–Crippen MR) is 71.6 cm³/mol. The van der Waals surface area contributed by atoms with Crippen molar-refractivity contribution in [1.29, 1.82) is 5.41 Å². The zero-order valence-electron chi connectivity index (χ0n) is 10.1. The van der Waals surface area contributed by atoms with Gasteiger partial charge in [0.25, 0.3) is 0 Å². The van der Waals surface area contributed by atoms with Crippen LogP contribution < -0.4 is 0 Å². The number of nitrogens with one attached hydrogen (secondary N) is 1. The van der Waals surface area contributed by atoms with Gasteiger partial charge in [0.15, 0.2) is 5.90 Å². The Morgan fingerprint density at radius 1 is 1.12 bits per heavy atom. The van der Waals surface area contributed by atoms with E-state index < -0.39 is 0 Å². The summed E-state index contributed by atoms with van der Waals surface area (Å²) in [7, 11) is 0. The Labute approximate surface area is 102 Å². The van der Waals surface area contributed by atoms with Gasteiger partial charge in [0.1, 0.15) is 0 Å². The summed E-state index contributed by atoms with van der Waals surface area (Å²) >= 11 is 0. The second-order valence-electron chi connectivity index (χ2n) is 4.04. The first-order valence-corrected chi connectivity index (χ1v) is 5.97. The molecule has 0 amide bonds. The summed E-state index contributed by atoms with van der Waals surface area (Å²) in [6.07, 6.45) is 1.54.